The molecule has 1 aliphatic heterocycles. The van der Waals surface area contributed by atoms with E-state index in [2.05, 4.69) is 5.32 Å². The lowest BCUT2D eigenvalue weighted by Gasteiger charge is -2.31. The number of carbonyl (C=O) groups is 1. The third-order valence-corrected chi connectivity index (χ3v) is 7.21. The van der Waals surface area contributed by atoms with E-state index >= 15 is 0 Å². The highest BCUT2D eigenvalue weighted by molar-refractivity contribution is 7.89. The molecule has 2 aromatic rings. The van der Waals surface area contributed by atoms with Crippen LogP contribution < -0.4 is 10.1 Å². The van der Waals surface area contributed by atoms with E-state index in [0.717, 1.165) is 11.1 Å². The minimum absolute atomic E-state index is 0.141. The SMILES string of the molecule is COc1ccc(C)cc1S(=O)(=O)N1CCCC(C(=O)NCc2ccc(Cl)cc2)C1. The van der Waals surface area contributed by atoms with Gasteiger partial charge in [-0.05, 0) is 55.2 Å². The minimum Gasteiger partial charge on any atom is -0.495 e. The molecule has 0 saturated carbocycles. The van der Waals surface area contributed by atoms with Crippen molar-refractivity contribution in [3.8, 4) is 5.75 Å². The highest BCUT2D eigenvalue weighted by Gasteiger charge is 2.34. The largest absolute Gasteiger partial charge is 0.495 e. The van der Waals surface area contributed by atoms with Gasteiger partial charge in [0.25, 0.3) is 0 Å². The predicted molar refractivity (Wildman–Crippen MR) is 113 cm³/mol. The van der Waals surface area contributed by atoms with E-state index < -0.39 is 10.0 Å². The Labute approximate surface area is 176 Å². The van der Waals surface area contributed by atoms with E-state index in [0.29, 0.717) is 36.7 Å². The molecule has 6 nitrogen and oxygen atoms in total. The van der Waals surface area contributed by atoms with E-state index in [1.165, 1.54) is 11.4 Å². The maximum absolute atomic E-state index is 13.2. The Hall–Kier alpha value is -2.09. The Balaban J connectivity index is 1.70. The molecule has 3 rings (SSSR count). The number of hydrogen-bond donors (Lipinski definition) is 1. The number of nitrogens with one attached hydrogen (secondary N) is 1. The van der Waals surface area contributed by atoms with Gasteiger partial charge in [-0.1, -0.05) is 29.8 Å². The van der Waals surface area contributed by atoms with Crippen LogP contribution in [0.5, 0.6) is 5.75 Å². The van der Waals surface area contributed by atoms with Crippen LogP contribution >= 0.6 is 11.6 Å². The molecular weight excluding hydrogens is 412 g/mol. The number of methoxy groups -OCH3 is 1. The van der Waals surface area contributed by atoms with Gasteiger partial charge in [0, 0.05) is 24.7 Å². The molecule has 8 heteroatoms. The zero-order chi connectivity index (χ0) is 21.0. The Bertz CT molecular complexity index is 977. The second kappa shape index (κ2) is 9.15. The topological polar surface area (TPSA) is 75.7 Å². The highest BCUT2D eigenvalue weighted by Crippen LogP contribution is 2.30. The molecule has 29 heavy (non-hydrogen) atoms. The number of benzene rings is 2. The molecule has 156 valence electrons. The number of hydrogen-bond acceptors (Lipinski definition) is 4. The molecule has 0 bridgehead atoms. The fraction of sp³-hybridized carbons (Fsp3) is 0.381. The number of amides is 1. The van der Waals surface area contributed by atoms with Crippen molar-refractivity contribution in [2.24, 2.45) is 5.92 Å². The van der Waals surface area contributed by atoms with Gasteiger partial charge in [0.05, 0.1) is 13.0 Å². The van der Waals surface area contributed by atoms with Gasteiger partial charge >= 0.3 is 0 Å². The lowest BCUT2D eigenvalue weighted by molar-refractivity contribution is -0.126. The Kier molecular flexibility index (Phi) is 6.82. The van der Waals surface area contributed by atoms with Crippen LogP contribution in [0.3, 0.4) is 0 Å². The first-order chi connectivity index (χ1) is 13.8. The summed E-state index contributed by atoms with van der Waals surface area (Å²) in [5.74, 6) is -0.220. The van der Waals surface area contributed by atoms with Gasteiger partial charge in [-0.2, -0.15) is 4.31 Å². The second-order valence-electron chi connectivity index (χ2n) is 7.20. The second-order valence-corrected chi connectivity index (χ2v) is 9.54. The lowest BCUT2D eigenvalue weighted by atomic mass is 9.99. The quantitative estimate of drug-likeness (QED) is 0.753. The van der Waals surface area contributed by atoms with Gasteiger partial charge in [-0.3, -0.25) is 4.79 Å². The number of nitrogens with zero attached hydrogens (tertiary/aromatic N) is 1. The van der Waals surface area contributed by atoms with Crippen LogP contribution in [0.2, 0.25) is 5.02 Å². The molecule has 1 aliphatic rings. The predicted octanol–water partition coefficient (Wildman–Crippen LogP) is 3.37. The monoisotopic (exact) mass is 436 g/mol. The Morgan fingerprint density at radius 3 is 2.66 bits per heavy atom. The van der Waals surface area contributed by atoms with Crippen LogP contribution in [0.15, 0.2) is 47.4 Å². The number of aryl methyl sites for hydroxylation is 1. The fourth-order valence-electron chi connectivity index (χ4n) is 3.44. The summed E-state index contributed by atoms with van der Waals surface area (Å²) in [7, 11) is -2.30. The number of carbonyl (C=O) groups excluding carboxylic acids is 1. The van der Waals surface area contributed by atoms with Crippen molar-refractivity contribution >= 4 is 27.5 Å². The summed E-state index contributed by atoms with van der Waals surface area (Å²) in [5, 5.41) is 3.54. The molecule has 1 fully saturated rings. The van der Waals surface area contributed by atoms with Crippen molar-refractivity contribution in [1.82, 2.24) is 9.62 Å². The molecule has 1 atom stereocenters. The van der Waals surface area contributed by atoms with Crippen molar-refractivity contribution in [2.75, 3.05) is 20.2 Å². The molecule has 2 aromatic carbocycles. The summed E-state index contributed by atoms with van der Waals surface area (Å²) in [6.45, 7) is 2.76. The molecule has 0 aliphatic carbocycles. The first kappa shape index (κ1) is 21.6. The fourth-order valence-corrected chi connectivity index (χ4v) is 5.33. The van der Waals surface area contributed by atoms with Crippen molar-refractivity contribution in [2.45, 2.75) is 31.2 Å². The summed E-state index contributed by atoms with van der Waals surface area (Å²) in [4.78, 5) is 12.8. The highest BCUT2D eigenvalue weighted by atomic mass is 35.5. The molecule has 1 heterocycles. The van der Waals surface area contributed by atoms with E-state index in [4.69, 9.17) is 16.3 Å². The summed E-state index contributed by atoms with van der Waals surface area (Å²) in [6, 6.07) is 12.3. The third kappa shape index (κ3) is 5.10. The maximum Gasteiger partial charge on any atom is 0.246 e. The van der Waals surface area contributed by atoms with Crippen molar-refractivity contribution < 1.29 is 17.9 Å². The standard InChI is InChI=1S/C21H25ClN2O4S/c1-15-5-10-19(28-2)20(12-15)29(26,27)24-11-3-4-17(14-24)21(25)23-13-16-6-8-18(22)9-7-16/h5-10,12,17H,3-4,11,13-14H2,1-2H3,(H,23,25). The van der Waals surface area contributed by atoms with Crippen LogP contribution in [-0.4, -0.2) is 38.8 Å². The molecule has 1 amide bonds. The number of ether oxygens (including phenoxy) is 1. The van der Waals surface area contributed by atoms with Crippen molar-refractivity contribution in [3.63, 3.8) is 0 Å². The number of sulfonamides is 1. The van der Waals surface area contributed by atoms with E-state index in [1.54, 1.807) is 30.3 Å². The van der Waals surface area contributed by atoms with E-state index in [-0.39, 0.29) is 23.3 Å². The van der Waals surface area contributed by atoms with E-state index in [9.17, 15) is 13.2 Å². The van der Waals surface area contributed by atoms with Crippen LogP contribution in [0.1, 0.15) is 24.0 Å². The number of piperidine rings is 1. The molecule has 0 radical (unpaired) electrons. The molecule has 1 unspecified atom stereocenters. The average molecular weight is 437 g/mol. The average Bonchev–Trinajstić information content (AvgIpc) is 2.73. The van der Waals surface area contributed by atoms with Crippen LogP contribution in [-0.2, 0) is 21.4 Å². The zero-order valence-electron chi connectivity index (χ0n) is 16.5. The van der Waals surface area contributed by atoms with Crippen LogP contribution in [0.25, 0.3) is 0 Å². The Morgan fingerprint density at radius 2 is 1.97 bits per heavy atom. The molecular formula is C21H25ClN2O4S. The van der Waals surface area contributed by atoms with Gasteiger partial charge < -0.3 is 10.1 Å². The smallest absolute Gasteiger partial charge is 0.246 e. The van der Waals surface area contributed by atoms with E-state index in [1.807, 2.05) is 19.1 Å². The van der Waals surface area contributed by atoms with Gasteiger partial charge in [0.1, 0.15) is 10.6 Å². The first-order valence-electron chi connectivity index (χ1n) is 9.48. The van der Waals surface area contributed by atoms with Crippen molar-refractivity contribution in [1.29, 1.82) is 0 Å². The maximum atomic E-state index is 13.2. The third-order valence-electron chi connectivity index (χ3n) is 5.07. The lowest BCUT2D eigenvalue weighted by Crippen LogP contribution is -2.45. The number of rotatable bonds is 6. The molecule has 1 saturated heterocycles. The zero-order valence-corrected chi connectivity index (χ0v) is 18.1. The first-order valence-corrected chi connectivity index (χ1v) is 11.3. The normalized spacial score (nSPS) is 17.7. The minimum atomic E-state index is -3.75. The van der Waals surface area contributed by atoms with Crippen molar-refractivity contribution in [3.05, 3.63) is 58.6 Å². The molecule has 0 aromatic heterocycles. The Morgan fingerprint density at radius 1 is 1.24 bits per heavy atom. The van der Waals surface area contributed by atoms with Crippen LogP contribution in [0.4, 0.5) is 0 Å². The van der Waals surface area contributed by atoms with Crippen LogP contribution in [0, 0.1) is 12.8 Å². The summed E-state index contributed by atoms with van der Waals surface area (Å²) in [6.07, 6.45) is 1.29. The summed E-state index contributed by atoms with van der Waals surface area (Å²) >= 11 is 5.88. The molecule has 1 N–H and O–H groups in total. The van der Waals surface area contributed by atoms with Gasteiger partial charge in [-0.25, -0.2) is 8.42 Å². The van der Waals surface area contributed by atoms with Gasteiger partial charge in [0.2, 0.25) is 15.9 Å². The van der Waals surface area contributed by atoms with Gasteiger partial charge in [-0.15, -0.1) is 0 Å². The summed E-state index contributed by atoms with van der Waals surface area (Å²) in [5.41, 5.74) is 1.77. The number of halogens is 1. The summed E-state index contributed by atoms with van der Waals surface area (Å²) < 4.78 is 33.0. The molecule has 0 spiro atoms. The van der Waals surface area contributed by atoms with Gasteiger partial charge in [0.15, 0.2) is 0 Å².